The average Bonchev–Trinajstić information content (AvgIpc) is 3.19. The van der Waals surface area contributed by atoms with E-state index < -0.39 is 0 Å². The first kappa shape index (κ1) is 16.2. The minimum Gasteiger partial charge on any atom is -0.497 e. The zero-order chi connectivity index (χ0) is 17.2. The number of ether oxygens (including phenoxy) is 4. The number of methoxy groups -OCH3 is 1. The van der Waals surface area contributed by atoms with Gasteiger partial charge in [0.15, 0.2) is 0 Å². The summed E-state index contributed by atoms with van der Waals surface area (Å²) in [7, 11) is 1.63. The number of hydrogen-bond donors (Lipinski definition) is 0. The Balaban J connectivity index is 1.35. The maximum absolute atomic E-state index is 6.02. The first-order chi connectivity index (χ1) is 12.2. The summed E-state index contributed by atoms with van der Waals surface area (Å²) in [6, 6.07) is 7.53. The molecule has 134 valence electrons. The smallest absolute Gasteiger partial charge is 0.266 e. The molecular formula is C17H21N3O5. The van der Waals surface area contributed by atoms with E-state index in [2.05, 4.69) is 10.1 Å². The highest BCUT2D eigenvalue weighted by molar-refractivity contribution is 5.33. The highest BCUT2D eigenvalue weighted by Gasteiger charge is 2.39. The molecule has 0 unspecified atom stereocenters. The van der Waals surface area contributed by atoms with Gasteiger partial charge in [0, 0.05) is 26.1 Å². The third-order valence-electron chi connectivity index (χ3n) is 4.35. The van der Waals surface area contributed by atoms with Crippen LogP contribution in [0.4, 0.5) is 5.95 Å². The molecule has 3 heterocycles. The highest BCUT2D eigenvalue weighted by Crippen LogP contribution is 2.26. The Labute approximate surface area is 145 Å². The standard InChI is InChI=1S/C17H21N3O5/c1-11-18-17(19-25-11)20-7-15-16(8-20)23-10-14(9-22-15)24-13-5-3-4-12(6-13)21-2/h3-6,14-16H,7-10H2,1-2H3/t15-,16-/m0/s1. The second-order valence-corrected chi connectivity index (χ2v) is 6.18. The average molecular weight is 347 g/mol. The molecule has 4 rings (SSSR count). The number of nitrogens with zero attached hydrogens (tertiary/aromatic N) is 3. The van der Waals surface area contributed by atoms with Crippen LogP contribution < -0.4 is 14.4 Å². The SMILES string of the molecule is COc1cccc(OC2CO[C@H]3CN(c4noc(C)n4)C[C@@H]3OC2)c1. The van der Waals surface area contributed by atoms with Crippen LogP contribution >= 0.6 is 0 Å². The second kappa shape index (κ2) is 6.89. The van der Waals surface area contributed by atoms with Gasteiger partial charge in [-0.3, -0.25) is 0 Å². The summed E-state index contributed by atoms with van der Waals surface area (Å²) in [5.74, 6) is 2.64. The summed E-state index contributed by atoms with van der Waals surface area (Å²) >= 11 is 0. The normalized spacial score (nSPS) is 24.0. The van der Waals surface area contributed by atoms with Gasteiger partial charge in [0.25, 0.3) is 5.95 Å². The van der Waals surface area contributed by atoms with Gasteiger partial charge < -0.3 is 28.4 Å². The molecule has 0 N–H and O–H groups in total. The molecule has 1 aromatic carbocycles. The van der Waals surface area contributed by atoms with E-state index in [4.69, 9.17) is 23.5 Å². The molecule has 0 saturated carbocycles. The van der Waals surface area contributed by atoms with E-state index >= 15 is 0 Å². The Morgan fingerprint density at radius 3 is 2.48 bits per heavy atom. The van der Waals surface area contributed by atoms with Gasteiger partial charge >= 0.3 is 0 Å². The summed E-state index contributed by atoms with van der Waals surface area (Å²) in [5.41, 5.74) is 0. The van der Waals surface area contributed by atoms with Crippen molar-refractivity contribution in [3.63, 3.8) is 0 Å². The molecule has 25 heavy (non-hydrogen) atoms. The summed E-state index contributed by atoms with van der Waals surface area (Å²) in [6.45, 7) is 4.07. The molecule has 8 nitrogen and oxygen atoms in total. The number of rotatable bonds is 4. The van der Waals surface area contributed by atoms with Gasteiger partial charge in [-0.1, -0.05) is 6.07 Å². The number of anilines is 1. The first-order valence-electron chi connectivity index (χ1n) is 8.30. The zero-order valence-corrected chi connectivity index (χ0v) is 14.3. The van der Waals surface area contributed by atoms with Crippen LogP contribution in [0.25, 0.3) is 0 Å². The van der Waals surface area contributed by atoms with E-state index in [0.717, 1.165) is 11.5 Å². The monoisotopic (exact) mass is 347 g/mol. The van der Waals surface area contributed by atoms with Crippen LogP contribution in [-0.4, -0.2) is 61.9 Å². The fraction of sp³-hybridized carbons (Fsp3) is 0.529. The molecule has 2 aliphatic rings. The van der Waals surface area contributed by atoms with Gasteiger partial charge in [0.2, 0.25) is 5.89 Å². The third-order valence-corrected chi connectivity index (χ3v) is 4.35. The van der Waals surface area contributed by atoms with Gasteiger partial charge in [-0.15, -0.1) is 0 Å². The predicted molar refractivity (Wildman–Crippen MR) is 88.1 cm³/mol. The molecule has 0 amide bonds. The van der Waals surface area contributed by atoms with Crippen molar-refractivity contribution >= 4 is 5.95 Å². The molecular weight excluding hydrogens is 326 g/mol. The van der Waals surface area contributed by atoms with Crippen LogP contribution in [-0.2, 0) is 9.47 Å². The number of aromatic nitrogens is 2. The number of fused-ring (bicyclic) bond motifs is 1. The molecule has 2 fully saturated rings. The minimum atomic E-state index is -0.154. The van der Waals surface area contributed by atoms with Crippen LogP contribution in [0.1, 0.15) is 5.89 Å². The van der Waals surface area contributed by atoms with Crippen molar-refractivity contribution in [2.75, 3.05) is 38.3 Å². The van der Waals surface area contributed by atoms with E-state index in [1.54, 1.807) is 14.0 Å². The molecule has 0 aliphatic carbocycles. The Kier molecular flexibility index (Phi) is 4.46. The largest absolute Gasteiger partial charge is 0.497 e. The van der Waals surface area contributed by atoms with Crippen molar-refractivity contribution in [1.82, 2.24) is 10.1 Å². The summed E-state index contributed by atoms with van der Waals surface area (Å²) < 4.78 is 28.3. The highest BCUT2D eigenvalue weighted by atomic mass is 16.6. The van der Waals surface area contributed by atoms with Crippen molar-refractivity contribution in [1.29, 1.82) is 0 Å². The Bertz CT molecular complexity index is 706. The van der Waals surface area contributed by atoms with Crippen LogP contribution in [0.2, 0.25) is 0 Å². The Morgan fingerprint density at radius 2 is 1.84 bits per heavy atom. The molecule has 0 bridgehead atoms. The fourth-order valence-electron chi connectivity index (χ4n) is 3.09. The third kappa shape index (κ3) is 3.54. The summed E-state index contributed by atoms with van der Waals surface area (Å²) in [6.07, 6.45) is -0.214. The van der Waals surface area contributed by atoms with Crippen molar-refractivity contribution in [3.05, 3.63) is 30.2 Å². The van der Waals surface area contributed by atoms with Crippen molar-refractivity contribution in [2.24, 2.45) is 0 Å². The molecule has 1 aromatic heterocycles. The summed E-state index contributed by atoms with van der Waals surface area (Å²) in [5, 5.41) is 3.96. The fourth-order valence-corrected chi connectivity index (χ4v) is 3.09. The lowest BCUT2D eigenvalue weighted by Gasteiger charge is -2.18. The van der Waals surface area contributed by atoms with Crippen molar-refractivity contribution in [3.8, 4) is 11.5 Å². The number of aryl methyl sites for hydroxylation is 1. The Hall–Kier alpha value is -2.32. The van der Waals surface area contributed by atoms with Gasteiger partial charge in [-0.2, -0.15) is 4.98 Å². The quantitative estimate of drug-likeness (QED) is 0.822. The first-order valence-corrected chi connectivity index (χ1v) is 8.30. The molecule has 2 aromatic rings. The number of benzene rings is 1. The van der Waals surface area contributed by atoms with Crippen LogP contribution in [0.15, 0.2) is 28.8 Å². The number of hydrogen-bond acceptors (Lipinski definition) is 8. The van der Waals surface area contributed by atoms with E-state index in [1.165, 1.54) is 0 Å². The second-order valence-electron chi connectivity index (χ2n) is 6.18. The minimum absolute atomic E-state index is 0.0299. The van der Waals surface area contributed by atoms with Crippen molar-refractivity contribution < 1.29 is 23.5 Å². The molecule has 8 heteroatoms. The van der Waals surface area contributed by atoms with E-state index in [-0.39, 0.29) is 18.3 Å². The maximum atomic E-state index is 6.02. The lowest BCUT2D eigenvalue weighted by Crippen LogP contribution is -2.29. The van der Waals surface area contributed by atoms with Gasteiger partial charge in [0.1, 0.15) is 29.8 Å². The van der Waals surface area contributed by atoms with Crippen LogP contribution in [0.5, 0.6) is 11.5 Å². The maximum Gasteiger partial charge on any atom is 0.266 e. The van der Waals surface area contributed by atoms with Crippen LogP contribution in [0.3, 0.4) is 0 Å². The molecule has 2 atom stereocenters. The molecule has 0 spiro atoms. The van der Waals surface area contributed by atoms with E-state index in [1.807, 2.05) is 29.2 Å². The Morgan fingerprint density at radius 1 is 1.12 bits per heavy atom. The predicted octanol–water partition coefficient (Wildman–Crippen LogP) is 1.44. The van der Waals surface area contributed by atoms with E-state index in [0.29, 0.717) is 38.1 Å². The lowest BCUT2D eigenvalue weighted by molar-refractivity contribution is -0.00461. The van der Waals surface area contributed by atoms with Gasteiger partial charge in [-0.25, -0.2) is 0 Å². The topological polar surface area (TPSA) is 79.1 Å². The van der Waals surface area contributed by atoms with E-state index in [9.17, 15) is 0 Å². The van der Waals surface area contributed by atoms with Gasteiger partial charge in [-0.05, 0) is 17.3 Å². The molecule has 0 radical (unpaired) electrons. The lowest BCUT2D eigenvalue weighted by atomic mass is 10.3. The zero-order valence-electron chi connectivity index (χ0n) is 14.3. The van der Waals surface area contributed by atoms with Crippen LogP contribution in [0, 0.1) is 6.92 Å². The summed E-state index contributed by atoms with van der Waals surface area (Å²) in [4.78, 5) is 6.28. The van der Waals surface area contributed by atoms with Gasteiger partial charge in [0.05, 0.1) is 20.3 Å². The molecule has 2 aliphatic heterocycles. The van der Waals surface area contributed by atoms with Crippen molar-refractivity contribution in [2.45, 2.75) is 25.2 Å². The molecule has 2 saturated heterocycles.